The summed E-state index contributed by atoms with van der Waals surface area (Å²) in [5.41, 5.74) is -0.911. The number of nitrogens with one attached hydrogen (secondary N) is 2. The van der Waals surface area contributed by atoms with Crippen molar-refractivity contribution in [1.29, 1.82) is 0 Å². The van der Waals surface area contributed by atoms with Crippen LogP contribution in [0.25, 0.3) is 0 Å². The van der Waals surface area contributed by atoms with Crippen molar-refractivity contribution in [2.24, 2.45) is 4.99 Å². The maximum absolute atomic E-state index is 12.6. The van der Waals surface area contributed by atoms with E-state index in [2.05, 4.69) is 25.5 Å². The average molecular weight is 438 g/mol. The van der Waals surface area contributed by atoms with Crippen LogP contribution in [-0.4, -0.2) is 74.9 Å². The maximum atomic E-state index is 12.6. The van der Waals surface area contributed by atoms with E-state index in [1.165, 1.54) is 0 Å². The minimum atomic E-state index is -4.49. The van der Waals surface area contributed by atoms with E-state index in [0.29, 0.717) is 31.8 Å². The number of ether oxygens (including phenoxy) is 2. The van der Waals surface area contributed by atoms with Gasteiger partial charge >= 0.3 is 6.18 Å². The summed E-state index contributed by atoms with van der Waals surface area (Å²) in [5, 5.41) is 6.07. The molecule has 0 spiro atoms. The Bertz CT molecular complexity index is 655. The van der Waals surface area contributed by atoms with E-state index < -0.39 is 11.7 Å². The van der Waals surface area contributed by atoms with Gasteiger partial charge in [0.05, 0.1) is 25.3 Å². The summed E-state index contributed by atoms with van der Waals surface area (Å²) in [6.07, 6.45) is -2.84. The molecule has 164 valence electrons. The topological polar surface area (TPSA) is 71.0 Å². The van der Waals surface area contributed by atoms with E-state index >= 15 is 0 Å². The van der Waals surface area contributed by atoms with Crippen LogP contribution in [0.4, 0.5) is 13.2 Å². The number of nitrogens with zero attached hydrogens (tertiary/aromatic N) is 3. The van der Waals surface area contributed by atoms with E-state index in [-0.39, 0.29) is 17.5 Å². The van der Waals surface area contributed by atoms with Crippen molar-refractivity contribution in [2.75, 3.05) is 59.1 Å². The van der Waals surface area contributed by atoms with Crippen LogP contribution >= 0.6 is 11.6 Å². The van der Waals surface area contributed by atoms with Gasteiger partial charge in [0, 0.05) is 38.9 Å². The standard InChI is InChI=1S/C18H27ClF3N5O2/c1-2-23-17(24-4-3-6-27-7-10-28-11-8-27)25-5-9-29-16-15(19)12-14(13-26-16)18(20,21)22/h12-13H,2-11H2,1H3,(H2,23,24,25). The van der Waals surface area contributed by atoms with Gasteiger partial charge in [0.1, 0.15) is 11.6 Å². The van der Waals surface area contributed by atoms with Gasteiger partial charge in [-0.05, 0) is 19.4 Å². The average Bonchev–Trinajstić information content (AvgIpc) is 2.69. The van der Waals surface area contributed by atoms with Crippen molar-refractivity contribution in [3.05, 3.63) is 22.8 Å². The van der Waals surface area contributed by atoms with Crippen LogP contribution in [0, 0.1) is 0 Å². The molecule has 2 N–H and O–H groups in total. The molecule has 1 fully saturated rings. The number of alkyl halides is 3. The smallest absolute Gasteiger partial charge is 0.417 e. The van der Waals surface area contributed by atoms with Gasteiger partial charge in [-0.1, -0.05) is 11.6 Å². The molecule has 0 unspecified atom stereocenters. The molecule has 0 aromatic carbocycles. The minimum Gasteiger partial charge on any atom is -0.475 e. The summed E-state index contributed by atoms with van der Waals surface area (Å²) >= 11 is 5.82. The number of rotatable bonds is 9. The molecule has 1 saturated heterocycles. The molecule has 0 saturated carbocycles. The van der Waals surface area contributed by atoms with Gasteiger partial charge in [0.2, 0.25) is 5.88 Å². The Morgan fingerprint density at radius 2 is 2.10 bits per heavy atom. The Morgan fingerprint density at radius 3 is 2.76 bits per heavy atom. The molecule has 11 heteroatoms. The highest BCUT2D eigenvalue weighted by atomic mass is 35.5. The monoisotopic (exact) mass is 437 g/mol. The Balaban J connectivity index is 1.71. The summed E-state index contributed by atoms with van der Waals surface area (Å²) in [7, 11) is 0. The molecular weight excluding hydrogens is 411 g/mol. The highest BCUT2D eigenvalue weighted by Crippen LogP contribution is 2.32. The van der Waals surface area contributed by atoms with Crippen molar-refractivity contribution in [3.63, 3.8) is 0 Å². The quantitative estimate of drug-likeness (QED) is 0.351. The van der Waals surface area contributed by atoms with E-state index in [1.54, 1.807) is 0 Å². The lowest BCUT2D eigenvalue weighted by Crippen LogP contribution is -2.40. The first-order valence-electron chi connectivity index (χ1n) is 9.58. The molecule has 1 aliphatic heterocycles. The number of halogens is 4. The summed E-state index contributed by atoms with van der Waals surface area (Å²) in [6.45, 7) is 8.39. The van der Waals surface area contributed by atoms with Crippen molar-refractivity contribution in [2.45, 2.75) is 19.5 Å². The number of aromatic nitrogens is 1. The van der Waals surface area contributed by atoms with Crippen LogP contribution in [-0.2, 0) is 10.9 Å². The fraction of sp³-hybridized carbons (Fsp3) is 0.667. The zero-order valence-corrected chi connectivity index (χ0v) is 17.2. The summed E-state index contributed by atoms with van der Waals surface area (Å²) < 4.78 is 48.6. The molecule has 1 aromatic rings. The molecule has 1 aliphatic rings. The second-order valence-corrected chi connectivity index (χ2v) is 6.76. The van der Waals surface area contributed by atoms with Crippen LogP contribution in [0.1, 0.15) is 18.9 Å². The summed E-state index contributed by atoms with van der Waals surface area (Å²) in [4.78, 5) is 10.5. The minimum absolute atomic E-state index is 0.0334. The van der Waals surface area contributed by atoms with Crippen LogP contribution in [0.2, 0.25) is 5.02 Å². The lowest BCUT2D eigenvalue weighted by Gasteiger charge is -2.26. The fourth-order valence-corrected chi connectivity index (χ4v) is 2.88. The second kappa shape index (κ2) is 12.0. The third kappa shape index (κ3) is 8.63. The van der Waals surface area contributed by atoms with Crippen molar-refractivity contribution in [1.82, 2.24) is 20.5 Å². The van der Waals surface area contributed by atoms with Gasteiger partial charge in [-0.2, -0.15) is 13.2 Å². The number of hydrogen-bond donors (Lipinski definition) is 2. The molecule has 0 atom stereocenters. The Labute approximate surface area is 173 Å². The molecular formula is C18H27ClF3N5O2. The number of hydrogen-bond acceptors (Lipinski definition) is 5. The summed E-state index contributed by atoms with van der Waals surface area (Å²) in [6, 6.07) is 0.803. The molecule has 0 bridgehead atoms. The van der Waals surface area contributed by atoms with Crippen LogP contribution in [0.15, 0.2) is 17.3 Å². The van der Waals surface area contributed by atoms with Gasteiger partial charge < -0.3 is 20.1 Å². The van der Waals surface area contributed by atoms with Crippen molar-refractivity contribution in [3.8, 4) is 5.88 Å². The van der Waals surface area contributed by atoms with Crippen molar-refractivity contribution >= 4 is 17.6 Å². The molecule has 7 nitrogen and oxygen atoms in total. The fourth-order valence-electron chi connectivity index (χ4n) is 2.66. The Hall–Kier alpha value is -1.78. The predicted octanol–water partition coefficient (Wildman–Crippen LogP) is 2.41. The first kappa shape index (κ1) is 23.5. The van der Waals surface area contributed by atoms with E-state index in [9.17, 15) is 13.2 Å². The van der Waals surface area contributed by atoms with Crippen LogP contribution in [0.5, 0.6) is 5.88 Å². The molecule has 29 heavy (non-hydrogen) atoms. The van der Waals surface area contributed by atoms with Crippen molar-refractivity contribution < 1.29 is 22.6 Å². The first-order valence-corrected chi connectivity index (χ1v) is 9.95. The predicted molar refractivity (Wildman–Crippen MR) is 106 cm³/mol. The maximum Gasteiger partial charge on any atom is 0.417 e. The highest BCUT2D eigenvalue weighted by Gasteiger charge is 2.31. The molecule has 0 amide bonds. The third-order valence-corrected chi connectivity index (χ3v) is 4.39. The summed E-state index contributed by atoms with van der Waals surface area (Å²) in [5.74, 6) is 0.624. The lowest BCUT2D eigenvalue weighted by atomic mass is 10.3. The third-order valence-electron chi connectivity index (χ3n) is 4.12. The molecule has 0 radical (unpaired) electrons. The van der Waals surface area contributed by atoms with Gasteiger partial charge in [-0.3, -0.25) is 9.89 Å². The number of guanidine groups is 1. The van der Waals surface area contributed by atoms with Crippen LogP contribution in [0.3, 0.4) is 0 Å². The van der Waals surface area contributed by atoms with Crippen LogP contribution < -0.4 is 15.4 Å². The second-order valence-electron chi connectivity index (χ2n) is 6.35. The van der Waals surface area contributed by atoms with E-state index in [4.69, 9.17) is 21.1 Å². The number of aliphatic imine (C=N–C) groups is 1. The number of morpholine rings is 1. The molecule has 2 heterocycles. The molecule has 1 aromatic heterocycles. The largest absolute Gasteiger partial charge is 0.475 e. The Kier molecular flexibility index (Phi) is 9.75. The van der Waals surface area contributed by atoms with Gasteiger partial charge in [-0.15, -0.1) is 0 Å². The molecule has 2 rings (SSSR count). The van der Waals surface area contributed by atoms with Gasteiger partial charge in [-0.25, -0.2) is 4.98 Å². The first-order chi connectivity index (χ1) is 13.9. The van der Waals surface area contributed by atoms with E-state index in [1.807, 2.05) is 6.92 Å². The zero-order valence-electron chi connectivity index (χ0n) is 16.4. The SMILES string of the molecule is CCNC(=NCCCN1CCOCC1)NCCOc1ncc(C(F)(F)F)cc1Cl. The number of pyridine rings is 1. The Morgan fingerprint density at radius 1 is 1.34 bits per heavy atom. The van der Waals surface area contributed by atoms with Gasteiger partial charge in [0.15, 0.2) is 5.96 Å². The highest BCUT2D eigenvalue weighted by molar-refractivity contribution is 6.31. The lowest BCUT2D eigenvalue weighted by molar-refractivity contribution is -0.137. The molecule has 0 aliphatic carbocycles. The normalized spacial score (nSPS) is 16.0. The zero-order chi connectivity index (χ0) is 21.1. The van der Waals surface area contributed by atoms with E-state index in [0.717, 1.165) is 45.3 Å². The van der Waals surface area contributed by atoms with Gasteiger partial charge in [0.25, 0.3) is 0 Å².